The van der Waals surface area contributed by atoms with E-state index >= 15 is 0 Å². The third-order valence-corrected chi connectivity index (χ3v) is 11.2. The molecule has 10 nitrogen and oxygen atoms in total. The molecule has 2 heterocycles. The SMILES string of the molecule is COc1cc(OC2CCc3c(-c4cccc(NC(=O)c5nc6c(n5C)CCN(C)C6)c4Cl)cccc32)c(Cl)cc1CNC1(C(=O)O)CCCC1. The monoisotopic (exact) mass is 717 g/mol. The van der Waals surface area contributed by atoms with Gasteiger partial charge in [0.25, 0.3) is 5.91 Å². The molecule has 3 aromatic carbocycles. The topological polar surface area (TPSA) is 118 Å². The average Bonchev–Trinajstić information content (AvgIpc) is 3.84. The number of aromatic nitrogens is 2. The third kappa shape index (κ3) is 6.34. The van der Waals surface area contributed by atoms with Crippen molar-refractivity contribution in [1.82, 2.24) is 19.8 Å². The minimum atomic E-state index is -0.929. The highest BCUT2D eigenvalue weighted by molar-refractivity contribution is 6.36. The molecule has 12 heteroatoms. The highest BCUT2D eigenvalue weighted by Gasteiger charge is 2.41. The van der Waals surface area contributed by atoms with Gasteiger partial charge in [0.1, 0.15) is 23.1 Å². The lowest BCUT2D eigenvalue weighted by Crippen LogP contribution is -2.49. The quantitative estimate of drug-likeness (QED) is 0.158. The molecule has 1 aliphatic heterocycles. The van der Waals surface area contributed by atoms with Crippen LogP contribution in [0.5, 0.6) is 11.5 Å². The molecule has 0 bridgehead atoms. The molecule has 0 spiro atoms. The van der Waals surface area contributed by atoms with Crippen molar-refractivity contribution in [3.8, 4) is 22.6 Å². The Balaban J connectivity index is 1.10. The Morgan fingerprint density at radius 1 is 1.04 bits per heavy atom. The van der Waals surface area contributed by atoms with Crippen molar-refractivity contribution in [3.63, 3.8) is 0 Å². The molecule has 3 aliphatic rings. The van der Waals surface area contributed by atoms with Gasteiger partial charge in [-0.15, -0.1) is 0 Å². The maximum Gasteiger partial charge on any atom is 0.323 e. The van der Waals surface area contributed by atoms with Crippen LogP contribution in [0.25, 0.3) is 11.1 Å². The summed E-state index contributed by atoms with van der Waals surface area (Å²) in [5.74, 6) is 0.308. The lowest BCUT2D eigenvalue weighted by atomic mass is 9.96. The number of carboxylic acids is 1. The first-order chi connectivity index (χ1) is 24.1. The van der Waals surface area contributed by atoms with Crippen LogP contribution in [0.1, 0.15) is 76.9 Å². The summed E-state index contributed by atoms with van der Waals surface area (Å²) in [5.41, 5.74) is 6.35. The minimum Gasteiger partial charge on any atom is -0.496 e. The van der Waals surface area contributed by atoms with Gasteiger partial charge in [-0.05, 0) is 61.6 Å². The number of amides is 1. The molecule has 4 aromatic rings. The summed E-state index contributed by atoms with van der Waals surface area (Å²) >= 11 is 13.8. The van der Waals surface area contributed by atoms with E-state index in [0.29, 0.717) is 59.0 Å². The normalized spacial score (nSPS) is 18.1. The maximum atomic E-state index is 13.4. The number of anilines is 1. The summed E-state index contributed by atoms with van der Waals surface area (Å²) in [7, 11) is 5.52. The van der Waals surface area contributed by atoms with Gasteiger partial charge in [-0.1, -0.05) is 66.4 Å². The lowest BCUT2D eigenvalue weighted by molar-refractivity contribution is -0.144. The van der Waals surface area contributed by atoms with Crippen LogP contribution in [0.2, 0.25) is 10.0 Å². The Bertz CT molecular complexity index is 1970. The van der Waals surface area contributed by atoms with Crippen LogP contribution < -0.4 is 20.1 Å². The van der Waals surface area contributed by atoms with Gasteiger partial charge >= 0.3 is 5.97 Å². The average molecular weight is 719 g/mol. The van der Waals surface area contributed by atoms with E-state index in [0.717, 1.165) is 77.9 Å². The van der Waals surface area contributed by atoms with Crippen LogP contribution in [0, 0.1) is 0 Å². The lowest BCUT2D eigenvalue weighted by Gasteiger charge is -2.26. The second kappa shape index (κ2) is 13.9. The van der Waals surface area contributed by atoms with Gasteiger partial charge in [0.05, 0.1) is 28.5 Å². The zero-order valence-corrected chi connectivity index (χ0v) is 30.0. The van der Waals surface area contributed by atoms with Crippen LogP contribution in [0.15, 0.2) is 48.5 Å². The predicted octanol–water partition coefficient (Wildman–Crippen LogP) is 7.20. The molecule has 50 heavy (non-hydrogen) atoms. The van der Waals surface area contributed by atoms with Crippen LogP contribution >= 0.6 is 23.2 Å². The summed E-state index contributed by atoms with van der Waals surface area (Å²) in [5, 5.41) is 17.0. The number of likely N-dealkylation sites (N-methyl/N-ethyl adjacent to an activating group) is 1. The number of imidazole rings is 1. The Hall–Kier alpha value is -4.09. The van der Waals surface area contributed by atoms with Gasteiger partial charge < -0.3 is 29.4 Å². The van der Waals surface area contributed by atoms with E-state index in [-0.39, 0.29) is 12.0 Å². The largest absolute Gasteiger partial charge is 0.496 e. The first-order valence-electron chi connectivity index (χ1n) is 17.0. The number of hydrogen-bond donors (Lipinski definition) is 3. The van der Waals surface area contributed by atoms with E-state index in [2.05, 4.69) is 33.6 Å². The van der Waals surface area contributed by atoms with E-state index in [1.165, 1.54) is 0 Å². The molecule has 1 amide bonds. The predicted molar refractivity (Wildman–Crippen MR) is 193 cm³/mol. The molecular weight excluding hydrogens is 677 g/mol. The first kappa shape index (κ1) is 34.4. The number of carboxylic acid groups (broad SMARTS) is 1. The smallest absolute Gasteiger partial charge is 0.323 e. The number of halogens is 2. The Morgan fingerprint density at radius 2 is 1.80 bits per heavy atom. The van der Waals surface area contributed by atoms with Gasteiger partial charge in [0.2, 0.25) is 0 Å². The molecule has 262 valence electrons. The third-order valence-electron chi connectivity index (χ3n) is 10.5. The van der Waals surface area contributed by atoms with Gasteiger partial charge in [-0.3, -0.25) is 14.9 Å². The van der Waals surface area contributed by atoms with Gasteiger partial charge in [-0.25, -0.2) is 4.98 Å². The second-order valence-electron chi connectivity index (χ2n) is 13.6. The standard InChI is InChI=1S/C38H41Cl2N5O5/c1-44-17-14-30-29(21-44)42-35(45(30)2)36(46)43-28-11-7-10-26(34(28)40)23-8-6-9-25-24(23)12-13-31(25)50-33-19-32(49-3)22(18-27(33)39)20-41-38(37(47)48)15-4-5-16-38/h6-11,18-19,31,41H,4-5,12-17,20-21H2,1-3H3,(H,43,46)(H,47,48). The van der Waals surface area contributed by atoms with E-state index in [1.54, 1.807) is 25.3 Å². The van der Waals surface area contributed by atoms with Gasteiger partial charge in [0.15, 0.2) is 5.82 Å². The number of benzene rings is 3. The molecule has 1 unspecified atom stereocenters. The number of carbonyl (C=O) groups is 2. The van der Waals surface area contributed by atoms with Crippen molar-refractivity contribution in [2.24, 2.45) is 7.05 Å². The van der Waals surface area contributed by atoms with E-state index in [4.69, 9.17) is 32.7 Å². The number of rotatable bonds is 10. The number of aliphatic carboxylic acids is 1. The number of hydrogen-bond acceptors (Lipinski definition) is 7. The Labute approximate surface area is 301 Å². The highest BCUT2D eigenvalue weighted by Crippen LogP contribution is 2.45. The summed E-state index contributed by atoms with van der Waals surface area (Å²) in [6.07, 6.45) is 5.06. The molecule has 0 saturated heterocycles. The van der Waals surface area contributed by atoms with Crippen molar-refractivity contribution in [3.05, 3.63) is 92.5 Å². The number of methoxy groups -OCH3 is 1. The fourth-order valence-electron chi connectivity index (χ4n) is 7.72. The number of nitrogens with one attached hydrogen (secondary N) is 2. The van der Waals surface area contributed by atoms with Gasteiger partial charge in [-0.2, -0.15) is 0 Å². The van der Waals surface area contributed by atoms with Crippen LogP contribution in [0.3, 0.4) is 0 Å². The van der Waals surface area contributed by atoms with Crippen LogP contribution in [0.4, 0.5) is 5.69 Å². The van der Waals surface area contributed by atoms with E-state index < -0.39 is 11.5 Å². The van der Waals surface area contributed by atoms with E-state index in [1.807, 2.05) is 35.9 Å². The molecule has 7 rings (SSSR count). The molecule has 1 atom stereocenters. The summed E-state index contributed by atoms with van der Waals surface area (Å²) in [4.78, 5) is 32.3. The van der Waals surface area contributed by atoms with Crippen LogP contribution in [-0.2, 0) is 37.8 Å². The number of carbonyl (C=O) groups excluding carboxylic acids is 1. The summed E-state index contributed by atoms with van der Waals surface area (Å²) in [6.45, 7) is 1.96. The zero-order valence-electron chi connectivity index (χ0n) is 28.4. The number of ether oxygens (including phenoxy) is 2. The molecule has 3 N–H and O–H groups in total. The summed E-state index contributed by atoms with van der Waals surface area (Å²) < 4.78 is 14.1. The Morgan fingerprint density at radius 3 is 2.56 bits per heavy atom. The van der Waals surface area contributed by atoms with Crippen molar-refractivity contribution in [2.75, 3.05) is 26.0 Å². The number of nitrogens with zero attached hydrogens (tertiary/aromatic N) is 3. The Kier molecular flexibility index (Phi) is 9.56. The minimum absolute atomic E-state index is 0.250. The molecule has 1 saturated carbocycles. The van der Waals surface area contributed by atoms with Crippen molar-refractivity contribution in [1.29, 1.82) is 0 Å². The fraction of sp³-hybridized carbons (Fsp3) is 0.395. The van der Waals surface area contributed by atoms with Crippen LogP contribution in [-0.4, -0.2) is 57.7 Å². The molecule has 0 radical (unpaired) electrons. The molecule has 2 aliphatic carbocycles. The fourth-order valence-corrected chi connectivity index (χ4v) is 8.23. The number of fused-ring (bicyclic) bond motifs is 2. The molecule has 1 fully saturated rings. The van der Waals surface area contributed by atoms with Crippen molar-refractivity contribution >= 4 is 40.8 Å². The van der Waals surface area contributed by atoms with Crippen molar-refractivity contribution in [2.45, 2.75) is 69.7 Å². The molecule has 1 aromatic heterocycles. The highest BCUT2D eigenvalue weighted by atomic mass is 35.5. The maximum absolute atomic E-state index is 13.4. The molecular formula is C38H41Cl2N5O5. The summed E-state index contributed by atoms with van der Waals surface area (Å²) in [6, 6.07) is 15.3. The van der Waals surface area contributed by atoms with Gasteiger partial charge in [0, 0.05) is 56.0 Å². The zero-order chi connectivity index (χ0) is 35.2. The first-order valence-corrected chi connectivity index (χ1v) is 17.8. The van der Waals surface area contributed by atoms with Crippen molar-refractivity contribution < 1.29 is 24.2 Å². The van der Waals surface area contributed by atoms with E-state index in [9.17, 15) is 14.7 Å². The second-order valence-corrected chi connectivity index (χ2v) is 14.3.